The molecule has 6 rings (SSSR count). The third-order valence-corrected chi connectivity index (χ3v) is 9.16. The molecule has 3 heterocycles. The number of carbonyl (C=O) groups excluding carboxylic acids is 1. The number of nitrogens with one attached hydrogen (secondary N) is 2. The molecule has 2 saturated heterocycles. The van der Waals surface area contributed by atoms with Crippen molar-refractivity contribution < 1.29 is 14.3 Å². The lowest BCUT2D eigenvalue weighted by atomic mass is 9.76. The fourth-order valence-corrected chi connectivity index (χ4v) is 6.77. The minimum atomic E-state index is -0.0636. The molecule has 1 amide bonds. The van der Waals surface area contributed by atoms with Crippen molar-refractivity contribution >= 4 is 22.9 Å². The van der Waals surface area contributed by atoms with Crippen LogP contribution in [0.4, 0.5) is 5.95 Å². The molecule has 8 heteroatoms. The number of rotatable bonds is 9. The fraction of sp³-hybridized carbons (Fsp3) is 0.412. The number of aryl methyl sites for hydroxylation is 1. The molecule has 0 bridgehead atoms. The fourth-order valence-electron chi connectivity index (χ4n) is 6.77. The van der Waals surface area contributed by atoms with E-state index in [4.69, 9.17) is 14.5 Å². The first kappa shape index (κ1) is 28.1. The molecule has 1 atom stereocenters. The van der Waals surface area contributed by atoms with Gasteiger partial charge in [0.05, 0.1) is 25.3 Å². The Bertz CT molecular complexity index is 1500. The summed E-state index contributed by atoms with van der Waals surface area (Å²) in [6.45, 7) is 6.53. The molecule has 2 aliphatic rings. The van der Waals surface area contributed by atoms with Crippen LogP contribution in [-0.2, 0) is 5.41 Å². The van der Waals surface area contributed by atoms with Gasteiger partial charge in [-0.15, -0.1) is 0 Å². The molecular weight excluding hydrogens is 526 g/mol. The summed E-state index contributed by atoms with van der Waals surface area (Å²) in [5, 5.41) is 3.62. The van der Waals surface area contributed by atoms with E-state index in [9.17, 15) is 4.79 Å². The van der Waals surface area contributed by atoms with E-state index in [0.29, 0.717) is 29.6 Å². The zero-order valence-electron chi connectivity index (χ0n) is 24.9. The van der Waals surface area contributed by atoms with Crippen LogP contribution in [-0.4, -0.2) is 78.7 Å². The van der Waals surface area contributed by atoms with Crippen molar-refractivity contribution in [2.45, 2.75) is 44.1 Å². The van der Waals surface area contributed by atoms with Gasteiger partial charge >= 0.3 is 0 Å². The standard InChI is InChI=1S/C34H41N5O3/c1-24-21-25(22-30(41-2)31(24)42-3)32(40)39-20-16-34(23-39,26-9-5-4-6-10-26)15-19-38-17-13-27(14-18-38)35-33-36-28-11-7-8-12-29(28)37-33/h4-12,21-22,27H,13-20,23H2,1-3H3,(H2,35,36,37). The van der Waals surface area contributed by atoms with E-state index >= 15 is 0 Å². The maximum absolute atomic E-state index is 13.7. The predicted molar refractivity (Wildman–Crippen MR) is 167 cm³/mol. The molecule has 2 aliphatic heterocycles. The molecule has 2 N–H and O–H groups in total. The molecule has 0 saturated carbocycles. The van der Waals surface area contributed by atoms with E-state index in [1.165, 1.54) is 5.56 Å². The van der Waals surface area contributed by atoms with Gasteiger partial charge in [0.1, 0.15) is 0 Å². The summed E-state index contributed by atoms with van der Waals surface area (Å²) >= 11 is 0. The Labute approximate surface area is 248 Å². The molecule has 4 aromatic rings. The van der Waals surface area contributed by atoms with Crippen molar-refractivity contribution in [2.24, 2.45) is 0 Å². The smallest absolute Gasteiger partial charge is 0.254 e. The van der Waals surface area contributed by atoms with Crippen LogP contribution in [0.25, 0.3) is 11.0 Å². The number of aromatic nitrogens is 2. The average Bonchev–Trinajstić information content (AvgIpc) is 3.65. The largest absolute Gasteiger partial charge is 0.493 e. The van der Waals surface area contributed by atoms with Crippen molar-refractivity contribution in [3.05, 3.63) is 83.4 Å². The Morgan fingerprint density at radius 1 is 1.02 bits per heavy atom. The Balaban J connectivity index is 1.10. The van der Waals surface area contributed by atoms with Gasteiger partial charge in [-0.05, 0) is 74.5 Å². The van der Waals surface area contributed by atoms with Crippen molar-refractivity contribution in [1.82, 2.24) is 19.8 Å². The van der Waals surface area contributed by atoms with Crippen LogP contribution in [0, 0.1) is 6.92 Å². The first-order valence-electron chi connectivity index (χ1n) is 15.0. The van der Waals surface area contributed by atoms with Gasteiger partial charge < -0.3 is 29.6 Å². The number of anilines is 1. The lowest BCUT2D eigenvalue weighted by molar-refractivity contribution is 0.0779. The first-order valence-corrected chi connectivity index (χ1v) is 15.0. The summed E-state index contributed by atoms with van der Waals surface area (Å²) < 4.78 is 11.0. The van der Waals surface area contributed by atoms with Crippen LogP contribution in [0.5, 0.6) is 11.5 Å². The average molecular weight is 568 g/mol. The highest BCUT2D eigenvalue weighted by molar-refractivity contribution is 5.95. The maximum atomic E-state index is 13.7. The van der Waals surface area contributed by atoms with E-state index in [-0.39, 0.29) is 11.3 Å². The van der Waals surface area contributed by atoms with Gasteiger partial charge in [0.25, 0.3) is 5.91 Å². The number of hydrogen-bond donors (Lipinski definition) is 2. The van der Waals surface area contributed by atoms with E-state index in [1.807, 2.05) is 36.1 Å². The molecule has 2 fully saturated rings. The Hall–Kier alpha value is -4.04. The van der Waals surface area contributed by atoms with Gasteiger partial charge in [0.15, 0.2) is 11.5 Å². The molecule has 8 nitrogen and oxygen atoms in total. The summed E-state index contributed by atoms with van der Waals surface area (Å²) in [5.74, 6) is 2.17. The number of imidazole rings is 1. The molecule has 1 aromatic heterocycles. The van der Waals surface area contributed by atoms with Gasteiger partial charge in [-0.2, -0.15) is 0 Å². The SMILES string of the molecule is COc1cc(C(=O)N2CCC(CCN3CCC(Nc4nc5ccccc5[nH]4)CC3)(c3ccccc3)C2)cc(C)c1OC. The van der Waals surface area contributed by atoms with Gasteiger partial charge in [-0.3, -0.25) is 4.79 Å². The molecule has 0 radical (unpaired) electrons. The lowest BCUT2D eigenvalue weighted by Crippen LogP contribution is -2.42. The Kier molecular flexibility index (Phi) is 8.07. The summed E-state index contributed by atoms with van der Waals surface area (Å²) in [6, 6.07) is 23.1. The van der Waals surface area contributed by atoms with Gasteiger partial charge in [-0.25, -0.2) is 4.98 Å². The first-order chi connectivity index (χ1) is 20.5. The molecule has 0 aliphatic carbocycles. The summed E-state index contributed by atoms with van der Waals surface area (Å²) in [5.41, 5.74) is 4.86. The van der Waals surface area contributed by atoms with Crippen LogP contribution in [0.1, 0.15) is 47.2 Å². The molecule has 42 heavy (non-hydrogen) atoms. The molecule has 1 unspecified atom stereocenters. The van der Waals surface area contributed by atoms with Crippen LogP contribution < -0.4 is 14.8 Å². The van der Waals surface area contributed by atoms with E-state index in [0.717, 1.165) is 74.4 Å². The minimum Gasteiger partial charge on any atom is -0.493 e. The predicted octanol–water partition coefficient (Wildman–Crippen LogP) is 5.64. The Morgan fingerprint density at radius 3 is 2.52 bits per heavy atom. The van der Waals surface area contributed by atoms with E-state index in [1.54, 1.807) is 20.3 Å². The van der Waals surface area contributed by atoms with Crippen LogP contribution >= 0.6 is 0 Å². The highest BCUT2D eigenvalue weighted by Gasteiger charge is 2.42. The number of benzene rings is 3. The number of amides is 1. The number of ether oxygens (including phenoxy) is 2. The zero-order valence-corrected chi connectivity index (χ0v) is 24.9. The second-order valence-corrected chi connectivity index (χ2v) is 11.8. The van der Waals surface area contributed by atoms with Gasteiger partial charge in [-0.1, -0.05) is 42.5 Å². The van der Waals surface area contributed by atoms with Gasteiger partial charge in [0.2, 0.25) is 5.95 Å². The van der Waals surface area contributed by atoms with Crippen molar-refractivity contribution in [3.63, 3.8) is 0 Å². The number of carbonyl (C=O) groups is 1. The topological polar surface area (TPSA) is 82.7 Å². The highest BCUT2D eigenvalue weighted by Crippen LogP contribution is 2.40. The summed E-state index contributed by atoms with van der Waals surface area (Å²) in [4.78, 5) is 26.4. The maximum Gasteiger partial charge on any atom is 0.254 e. The zero-order chi connectivity index (χ0) is 29.1. The lowest BCUT2D eigenvalue weighted by Gasteiger charge is -2.36. The number of fused-ring (bicyclic) bond motifs is 1. The number of H-pyrrole nitrogens is 1. The van der Waals surface area contributed by atoms with Crippen LogP contribution in [0.2, 0.25) is 0 Å². The number of para-hydroxylation sites is 2. The quantitative estimate of drug-likeness (QED) is 0.273. The number of methoxy groups -OCH3 is 2. The number of nitrogens with zero attached hydrogens (tertiary/aromatic N) is 3. The second kappa shape index (κ2) is 12.1. The van der Waals surface area contributed by atoms with Crippen molar-refractivity contribution in [1.29, 1.82) is 0 Å². The van der Waals surface area contributed by atoms with Crippen molar-refractivity contribution in [3.8, 4) is 11.5 Å². The van der Waals surface area contributed by atoms with Crippen molar-refractivity contribution in [2.75, 3.05) is 52.3 Å². The number of hydrogen-bond acceptors (Lipinski definition) is 6. The number of aromatic amines is 1. The number of piperidine rings is 1. The molecule has 3 aromatic carbocycles. The monoisotopic (exact) mass is 567 g/mol. The summed E-state index contributed by atoms with van der Waals surface area (Å²) in [6.07, 6.45) is 4.14. The minimum absolute atomic E-state index is 0.0503. The molecular formula is C34H41N5O3. The molecule has 0 spiro atoms. The normalized spacial score (nSPS) is 19.7. The van der Waals surface area contributed by atoms with Crippen LogP contribution in [0.3, 0.4) is 0 Å². The molecule has 220 valence electrons. The van der Waals surface area contributed by atoms with E-state index in [2.05, 4.69) is 51.6 Å². The van der Waals surface area contributed by atoms with E-state index < -0.39 is 0 Å². The third-order valence-electron chi connectivity index (χ3n) is 9.16. The third kappa shape index (κ3) is 5.68. The van der Waals surface area contributed by atoms with Crippen LogP contribution in [0.15, 0.2) is 66.7 Å². The Morgan fingerprint density at radius 2 is 1.79 bits per heavy atom. The summed E-state index contributed by atoms with van der Waals surface area (Å²) in [7, 11) is 3.24. The second-order valence-electron chi connectivity index (χ2n) is 11.8. The number of likely N-dealkylation sites (tertiary alicyclic amines) is 2. The highest BCUT2D eigenvalue weighted by atomic mass is 16.5. The van der Waals surface area contributed by atoms with Gasteiger partial charge in [0, 0.05) is 43.2 Å².